The number of aliphatic imine (C=N–C) groups is 1. The number of oxazole rings is 1. The summed E-state index contributed by atoms with van der Waals surface area (Å²) in [5, 5.41) is 6.85. The Hall–Kier alpha value is -2.34. The maximum atomic E-state index is 5.64. The number of hydrogen-bond donors (Lipinski definition) is 2. The molecule has 0 amide bonds. The average Bonchev–Trinajstić information content (AvgIpc) is 3.21. The molecule has 1 saturated heterocycles. The zero-order valence-corrected chi connectivity index (χ0v) is 18.1. The molecule has 3 rings (SSSR count). The van der Waals surface area contributed by atoms with Crippen LogP contribution in [0, 0.1) is 12.8 Å². The maximum Gasteiger partial charge on any atom is 0.226 e. The van der Waals surface area contributed by atoms with E-state index < -0.39 is 0 Å². The molecule has 6 heteroatoms. The standard InChI is InChI=1S/C23H35N5O/c1-4-12-28-13-10-19(11-14-28)15-25-23(24-5-2)26-16-21-17-29-22(27-21)20-8-6-18(3)7-9-20/h6-9,17,19H,4-5,10-16H2,1-3H3,(H2,24,25,26). The number of aromatic nitrogens is 1. The van der Waals surface area contributed by atoms with Gasteiger partial charge in [-0.15, -0.1) is 0 Å². The number of likely N-dealkylation sites (tertiary alicyclic amines) is 1. The molecule has 0 spiro atoms. The fourth-order valence-electron chi connectivity index (χ4n) is 3.68. The van der Waals surface area contributed by atoms with E-state index in [1.165, 1.54) is 44.5 Å². The van der Waals surface area contributed by atoms with Gasteiger partial charge in [0.1, 0.15) is 12.0 Å². The molecule has 29 heavy (non-hydrogen) atoms. The lowest BCUT2D eigenvalue weighted by Gasteiger charge is -2.32. The van der Waals surface area contributed by atoms with E-state index in [1.807, 2.05) is 12.1 Å². The molecule has 158 valence electrons. The quantitative estimate of drug-likeness (QED) is 0.523. The zero-order valence-electron chi connectivity index (χ0n) is 18.1. The molecule has 0 unspecified atom stereocenters. The number of piperidine rings is 1. The van der Waals surface area contributed by atoms with E-state index in [-0.39, 0.29) is 0 Å². The van der Waals surface area contributed by atoms with Crippen molar-refractivity contribution in [1.29, 1.82) is 0 Å². The van der Waals surface area contributed by atoms with Gasteiger partial charge in [-0.2, -0.15) is 0 Å². The van der Waals surface area contributed by atoms with E-state index in [9.17, 15) is 0 Å². The summed E-state index contributed by atoms with van der Waals surface area (Å²) in [6.07, 6.45) is 5.46. The third-order valence-electron chi connectivity index (χ3n) is 5.40. The molecular formula is C23H35N5O. The third-order valence-corrected chi connectivity index (χ3v) is 5.40. The average molecular weight is 398 g/mol. The van der Waals surface area contributed by atoms with Crippen molar-refractivity contribution < 1.29 is 4.42 Å². The third kappa shape index (κ3) is 6.60. The van der Waals surface area contributed by atoms with Crippen molar-refractivity contribution in [3.63, 3.8) is 0 Å². The molecule has 1 fully saturated rings. The van der Waals surface area contributed by atoms with Crippen molar-refractivity contribution in [3.05, 3.63) is 41.8 Å². The van der Waals surface area contributed by atoms with Gasteiger partial charge < -0.3 is 20.0 Å². The first-order chi connectivity index (χ1) is 14.2. The molecule has 0 atom stereocenters. The summed E-state index contributed by atoms with van der Waals surface area (Å²) < 4.78 is 5.64. The number of hydrogen-bond acceptors (Lipinski definition) is 4. The van der Waals surface area contributed by atoms with Crippen LogP contribution in [0.2, 0.25) is 0 Å². The second-order valence-electron chi connectivity index (χ2n) is 7.87. The van der Waals surface area contributed by atoms with Gasteiger partial charge in [-0.05, 0) is 70.8 Å². The molecule has 0 radical (unpaired) electrons. The van der Waals surface area contributed by atoms with Crippen molar-refractivity contribution in [1.82, 2.24) is 20.5 Å². The summed E-state index contributed by atoms with van der Waals surface area (Å²) in [6.45, 7) is 12.4. The van der Waals surface area contributed by atoms with Crippen molar-refractivity contribution in [2.24, 2.45) is 10.9 Å². The second kappa shape index (κ2) is 11.0. The van der Waals surface area contributed by atoms with Gasteiger partial charge in [0.25, 0.3) is 0 Å². The van der Waals surface area contributed by atoms with Crippen LogP contribution in [0.25, 0.3) is 11.5 Å². The van der Waals surface area contributed by atoms with Crippen LogP contribution < -0.4 is 10.6 Å². The molecule has 2 heterocycles. The van der Waals surface area contributed by atoms with Gasteiger partial charge in [0.2, 0.25) is 5.89 Å². The molecule has 1 aliphatic rings. The molecule has 0 saturated carbocycles. The minimum absolute atomic E-state index is 0.500. The van der Waals surface area contributed by atoms with E-state index in [0.29, 0.717) is 18.4 Å². The predicted molar refractivity (Wildman–Crippen MR) is 119 cm³/mol. The second-order valence-corrected chi connectivity index (χ2v) is 7.87. The Morgan fingerprint density at radius 3 is 2.62 bits per heavy atom. The summed E-state index contributed by atoms with van der Waals surface area (Å²) in [5.41, 5.74) is 3.05. The number of rotatable bonds is 8. The Balaban J connectivity index is 1.51. The zero-order chi connectivity index (χ0) is 20.5. The lowest BCUT2D eigenvalue weighted by atomic mass is 9.97. The Kier molecular flexibility index (Phi) is 8.11. The molecule has 1 aromatic carbocycles. The summed E-state index contributed by atoms with van der Waals surface area (Å²) >= 11 is 0. The molecular weight excluding hydrogens is 362 g/mol. The largest absolute Gasteiger partial charge is 0.444 e. The highest BCUT2D eigenvalue weighted by molar-refractivity contribution is 5.79. The molecule has 6 nitrogen and oxygen atoms in total. The first-order valence-corrected chi connectivity index (χ1v) is 10.9. The lowest BCUT2D eigenvalue weighted by molar-refractivity contribution is 0.185. The van der Waals surface area contributed by atoms with Gasteiger partial charge >= 0.3 is 0 Å². The minimum atomic E-state index is 0.500. The van der Waals surface area contributed by atoms with E-state index in [2.05, 4.69) is 53.4 Å². The lowest BCUT2D eigenvalue weighted by Crippen LogP contribution is -2.43. The predicted octanol–water partition coefficient (Wildman–Crippen LogP) is 3.83. The first-order valence-electron chi connectivity index (χ1n) is 10.9. The Bertz CT molecular complexity index is 760. The molecule has 2 aromatic rings. The molecule has 0 bridgehead atoms. The Morgan fingerprint density at radius 1 is 1.17 bits per heavy atom. The normalized spacial score (nSPS) is 16.2. The van der Waals surface area contributed by atoms with Gasteiger partial charge in [0.05, 0.1) is 6.54 Å². The smallest absolute Gasteiger partial charge is 0.226 e. The molecule has 1 aliphatic heterocycles. The number of nitrogens with zero attached hydrogens (tertiary/aromatic N) is 3. The highest BCUT2D eigenvalue weighted by Crippen LogP contribution is 2.19. The Morgan fingerprint density at radius 2 is 1.93 bits per heavy atom. The monoisotopic (exact) mass is 397 g/mol. The summed E-state index contributed by atoms with van der Waals surface area (Å²) in [6, 6.07) is 8.20. The van der Waals surface area contributed by atoms with Crippen molar-refractivity contribution in [3.8, 4) is 11.5 Å². The van der Waals surface area contributed by atoms with Gasteiger partial charge in [0, 0.05) is 18.7 Å². The SMILES string of the molecule is CCCN1CCC(CNC(=NCc2coc(-c3ccc(C)cc3)n2)NCC)CC1. The molecule has 0 aliphatic carbocycles. The van der Waals surface area contributed by atoms with Crippen molar-refractivity contribution in [2.75, 3.05) is 32.7 Å². The van der Waals surface area contributed by atoms with E-state index >= 15 is 0 Å². The summed E-state index contributed by atoms with van der Waals surface area (Å²) in [5.74, 6) is 2.21. The van der Waals surface area contributed by atoms with Crippen molar-refractivity contribution >= 4 is 5.96 Å². The Labute approximate surface area is 174 Å². The van der Waals surface area contributed by atoms with Gasteiger partial charge in [-0.3, -0.25) is 0 Å². The van der Waals surface area contributed by atoms with Crippen LogP contribution in [-0.2, 0) is 6.54 Å². The van der Waals surface area contributed by atoms with Gasteiger partial charge in [0.15, 0.2) is 5.96 Å². The number of nitrogens with one attached hydrogen (secondary N) is 2. The first kappa shape index (κ1) is 21.4. The summed E-state index contributed by atoms with van der Waals surface area (Å²) in [7, 11) is 0. The van der Waals surface area contributed by atoms with Gasteiger partial charge in [-0.25, -0.2) is 9.98 Å². The fraction of sp³-hybridized carbons (Fsp3) is 0.565. The highest BCUT2D eigenvalue weighted by Gasteiger charge is 2.18. The van der Waals surface area contributed by atoms with Crippen molar-refractivity contribution in [2.45, 2.75) is 46.6 Å². The van der Waals surface area contributed by atoms with Crippen LogP contribution >= 0.6 is 0 Å². The topological polar surface area (TPSA) is 65.7 Å². The van der Waals surface area contributed by atoms with Crippen LogP contribution in [0.3, 0.4) is 0 Å². The molecule has 2 N–H and O–H groups in total. The summed E-state index contributed by atoms with van der Waals surface area (Å²) in [4.78, 5) is 11.9. The van der Waals surface area contributed by atoms with Gasteiger partial charge in [-0.1, -0.05) is 24.6 Å². The van der Waals surface area contributed by atoms with E-state index in [0.717, 1.165) is 30.3 Å². The number of guanidine groups is 1. The molecule has 1 aromatic heterocycles. The maximum absolute atomic E-state index is 5.64. The fourth-order valence-corrected chi connectivity index (χ4v) is 3.68. The minimum Gasteiger partial charge on any atom is -0.444 e. The van der Waals surface area contributed by atoms with E-state index in [1.54, 1.807) is 6.26 Å². The van der Waals surface area contributed by atoms with Crippen LogP contribution in [0.4, 0.5) is 0 Å². The van der Waals surface area contributed by atoms with E-state index in [4.69, 9.17) is 9.41 Å². The van der Waals surface area contributed by atoms with Crippen LogP contribution in [-0.4, -0.2) is 48.6 Å². The number of benzene rings is 1. The van der Waals surface area contributed by atoms with Crippen LogP contribution in [0.1, 0.15) is 44.4 Å². The highest BCUT2D eigenvalue weighted by atomic mass is 16.3. The number of aryl methyl sites for hydroxylation is 1. The van der Waals surface area contributed by atoms with Crippen LogP contribution in [0.15, 0.2) is 39.9 Å². The van der Waals surface area contributed by atoms with Crippen LogP contribution in [0.5, 0.6) is 0 Å².